The van der Waals surface area contributed by atoms with Crippen molar-refractivity contribution in [3.8, 4) is 0 Å². The Balaban J connectivity index is 1.37. The summed E-state index contributed by atoms with van der Waals surface area (Å²) in [6.45, 7) is 3.73. The van der Waals surface area contributed by atoms with Gasteiger partial charge in [-0.2, -0.15) is 0 Å². The van der Waals surface area contributed by atoms with E-state index in [9.17, 15) is 9.59 Å². The standard InChI is InChI=1S/C21H27N5O3/c27-20(24-16-6-4-7-17(14-16)26-12-9-22-21(26)28)23-15-18(19-8-5-13-29-19)25-10-2-1-3-11-25/h4-8,13-14,18H,1-3,9-12,15H2,(H,22,28)(H2,23,24,27). The molecule has 2 aliphatic heterocycles. The van der Waals surface area contributed by atoms with Crippen LogP contribution >= 0.6 is 0 Å². The van der Waals surface area contributed by atoms with Crippen molar-refractivity contribution in [3.05, 3.63) is 48.4 Å². The van der Waals surface area contributed by atoms with Gasteiger partial charge < -0.3 is 20.4 Å². The van der Waals surface area contributed by atoms with Gasteiger partial charge in [0.1, 0.15) is 5.76 Å². The van der Waals surface area contributed by atoms with Gasteiger partial charge in [0.25, 0.3) is 0 Å². The quantitative estimate of drug-likeness (QED) is 0.698. The second-order valence-corrected chi connectivity index (χ2v) is 7.40. The van der Waals surface area contributed by atoms with Crippen molar-refractivity contribution < 1.29 is 14.0 Å². The molecule has 1 aromatic heterocycles. The highest BCUT2D eigenvalue weighted by molar-refractivity contribution is 5.95. The number of hydrogen-bond donors (Lipinski definition) is 3. The molecule has 8 nitrogen and oxygen atoms in total. The third-order valence-electron chi connectivity index (χ3n) is 5.43. The van der Waals surface area contributed by atoms with Crippen LogP contribution < -0.4 is 20.9 Å². The van der Waals surface area contributed by atoms with Crippen molar-refractivity contribution in [2.24, 2.45) is 0 Å². The SMILES string of the molecule is O=C(NCC(c1ccco1)N1CCCCC1)Nc1cccc(N2CCNC2=O)c1. The molecule has 0 saturated carbocycles. The zero-order valence-electron chi connectivity index (χ0n) is 16.4. The number of piperidine rings is 1. The van der Waals surface area contributed by atoms with Crippen molar-refractivity contribution in [2.75, 3.05) is 42.9 Å². The molecule has 1 aromatic carbocycles. The summed E-state index contributed by atoms with van der Waals surface area (Å²) in [5, 5.41) is 8.62. The molecule has 2 aliphatic rings. The average Bonchev–Trinajstić information content (AvgIpc) is 3.41. The molecule has 1 atom stereocenters. The Morgan fingerprint density at radius 3 is 2.72 bits per heavy atom. The van der Waals surface area contributed by atoms with Crippen LogP contribution in [0, 0.1) is 0 Å². The summed E-state index contributed by atoms with van der Waals surface area (Å²) < 4.78 is 5.63. The Morgan fingerprint density at radius 2 is 2.00 bits per heavy atom. The maximum atomic E-state index is 12.5. The molecule has 0 bridgehead atoms. The van der Waals surface area contributed by atoms with Gasteiger partial charge in [0, 0.05) is 31.0 Å². The number of amides is 4. The Hall–Kier alpha value is -3.00. The first-order chi connectivity index (χ1) is 14.2. The van der Waals surface area contributed by atoms with Crippen LogP contribution in [0.2, 0.25) is 0 Å². The van der Waals surface area contributed by atoms with Crippen molar-refractivity contribution >= 4 is 23.4 Å². The van der Waals surface area contributed by atoms with Crippen LogP contribution in [0.25, 0.3) is 0 Å². The Morgan fingerprint density at radius 1 is 1.14 bits per heavy atom. The number of hydrogen-bond acceptors (Lipinski definition) is 4. The van der Waals surface area contributed by atoms with E-state index in [0.717, 1.165) is 24.5 Å². The van der Waals surface area contributed by atoms with Gasteiger partial charge in [-0.05, 0) is 56.3 Å². The minimum atomic E-state index is -0.276. The van der Waals surface area contributed by atoms with E-state index in [0.29, 0.717) is 25.3 Å². The summed E-state index contributed by atoms with van der Waals surface area (Å²) in [5.41, 5.74) is 1.41. The molecule has 4 amide bonds. The molecule has 2 aromatic rings. The zero-order valence-corrected chi connectivity index (χ0v) is 16.4. The van der Waals surface area contributed by atoms with Gasteiger partial charge in [0.05, 0.1) is 12.3 Å². The molecular formula is C21H27N5O3. The number of urea groups is 2. The fraction of sp³-hybridized carbons (Fsp3) is 0.429. The largest absolute Gasteiger partial charge is 0.468 e. The predicted octanol–water partition coefficient (Wildman–Crippen LogP) is 3.16. The number of nitrogens with one attached hydrogen (secondary N) is 3. The number of benzene rings is 1. The fourth-order valence-electron chi connectivity index (χ4n) is 3.95. The number of likely N-dealkylation sites (tertiary alicyclic amines) is 1. The van der Waals surface area contributed by atoms with Crippen molar-refractivity contribution in [2.45, 2.75) is 25.3 Å². The van der Waals surface area contributed by atoms with Gasteiger partial charge in [-0.3, -0.25) is 9.80 Å². The summed E-state index contributed by atoms with van der Waals surface area (Å²) in [6, 6.07) is 10.8. The van der Waals surface area contributed by atoms with Crippen molar-refractivity contribution in [3.63, 3.8) is 0 Å². The van der Waals surface area contributed by atoms with Gasteiger partial charge in [-0.15, -0.1) is 0 Å². The minimum absolute atomic E-state index is 0.0238. The molecule has 2 fully saturated rings. The fourth-order valence-corrected chi connectivity index (χ4v) is 3.95. The highest BCUT2D eigenvalue weighted by atomic mass is 16.3. The summed E-state index contributed by atoms with van der Waals surface area (Å²) >= 11 is 0. The topological polar surface area (TPSA) is 89.8 Å². The van der Waals surface area contributed by atoms with Gasteiger partial charge in [0.15, 0.2) is 0 Å². The predicted molar refractivity (Wildman–Crippen MR) is 111 cm³/mol. The first-order valence-corrected chi connectivity index (χ1v) is 10.2. The molecule has 4 rings (SSSR count). The first-order valence-electron chi connectivity index (χ1n) is 10.2. The molecule has 29 heavy (non-hydrogen) atoms. The number of carbonyl (C=O) groups is 2. The lowest BCUT2D eigenvalue weighted by atomic mass is 10.1. The van der Waals surface area contributed by atoms with E-state index in [-0.39, 0.29) is 18.1 Å². The molecular weight excluding hydrogens is 370 g/mol. The summed E-state index contributed by atoms with van der Waals surface area (Å²) in [6.07, 6.45) is 5.26. The number of anilines is 2. The van der Waals surface area contributed by atoms with Crippen LogP contribution in [-0.2, 0) is 0 Å². The average molecular weight is 397 g/mol. The van der Waals surface area contributed by atoms with Crippen LogP contribution in [0.3, 0.4) is 0 Å². The van der Waals surface area contributed by atoms with Crippen LogP contribution in [0.4, 0.5) is 21.0 Å². The second kappa shape index (κ2) is 9.00. The first kappa shape index (κ1) is 19.3. The van der Waals surface area contributed by atoms with Crippen LogP contribution in [0.1, 0.15) is 31.1 Å². The highest BCUT2D eigenvalue weighted by Gasteiger charge is 2.25. The zero-order chi connectivity index (χ0) is 20.1. The van der Waals surface area contributed by atoms with Crippen LogP contribution in [-0.4, -0.2) is 49.7 Å². The minimum Gasteiger partial charge on any atom is -0.468 e. The lowest BCUT2D eigenvalue weighted by Crippen LogP contribution is -2.41. The third-order valence-corrected chi connectivity index (χ3v) is 5.43. The van der Waals surface area contributed by atoms with E-state index in [1.54, 1.807) is 17.2 Å². The monoisotopic (exact) mass is 397 g/mol. The second-order valence-electron chi connectivity index (χ2n) is 7.40. The summed E-state index contributed by atoms with van der Waals surface area (Å²) in [5.74, 6) is 0.870. The van der Waals surface area contributed by atoms with E-state index in [1.807, 2.05) is 30.3 Å². The van der Waals surface area contributed by atoms with Gasteiger partial charge in [-0.1, -0.05) is 12.5 Å². The summed E-state index contributed by atoms with van der Waals surface area (Å²) in [7, 11) is 0. The van der Waals surface area contributed by atoms with Gasteiger partial charge >= 0.3 is 12.1 Å². The normalized spacial score (nSPS) is 18.3. The molecule has 2 saturated heterocycles. The van der Waals surface area contributed by atoms with E-state index in [2.05, 4.69) is 20.9 Å². The molecule has 0 spiro atoms. The number of furan rings is 1. The Kier molecular flexibility index (Phi) is 6.00. The van der Waals surface area contributed by atoms with Crippen LogP contribution in [0.5, 0.6) is 0 Å². The Labute approximate surface area is 170 Å². The van der Waals surface area contributed by atoms with E-state index >= 15 is 0 Å². The highest BCUT2D eigenvalue weighted by Crippen LogP contribution is 2.25. The molecule has 0 radical (unpaired) electrons. The molecule has 0 aliphatic carbocycles. The van der Waals surface area contributed by atoms with Crippen molar-refractivity contribution in [1.29, 1.82) is 0 Å². The van der Waals surface area contributed by atoms with Crippen molar-refractivity contribution in [1.82, 2.24) is 15.5 Å². The lowest BCUT2D eigenvalue weighted by molar-refractivity contribution is 0.144. The van der Waals surface area contributed by atoms with Gasteiger partial charge in [0.2, 0.25) is 0 Å². The van der Waals surface area contributed by atoms with E-state index < -0.39 is 0 Å². The maximum Gasteiger partial charge on any atom is 0.321 e. The van der Waals surface area contributed by atoms with E-state index in [1.165, 1.54) is 19.3 Å². The lowest BCUT2D eigenvalue weighted by Gasteiger charge is -2.33. The smallest absolute Gasteiger partial charge is 0.321 e. The molecule has 8 heteroatoms. The molecule has 3 heterocycles. The maximum absolute atomic E-state index is 12.5. The molecule has 154 valence electrons. The number of carbonyl (C=O) groups excluding carboxylic acids is 2. The van der Waals surface area contributed by atoms with Gasteiger partial charge in [-0.25, -0.2) is 9.59 Å². The molecule has 1 unspecified atom stereocenters. The van der Waals surface area contributed by atoms with Crippen LogP contribution in [0.15, 0.2) is 47.1 Å². The molecule has 3 N–H and O–H groups in total. The summed E-state index contributed by atoms with van der Waals surface area (Å²) in [4.78, 5) is 28.4. The number of rotatable bonds is 6. The number of nitrogens with zero attached hydrogens (tertiary/aromatic N) is 2. The van der Waals surface area contributed by atoms with E-state index in [4.69, 9.17) is 4.42 Å². The Bertz CT molecular complexity index is 833. The third kappa shape index (κ3) is 4.71.